The first kappa shape index (κ1) is 14.0. The highest BCUT2D eigenvalue weighted by Gasteiger charge is 2.06. The molecule has 0 heterocycles. The van der Waals surface area contributed by atoms with E-state index in [1.807, 2.05) is 7.11 Å². The Morgan fingerprint density at radius 1 is 1.00 bits per heavy atom. The summed E-state index contributed by atoms with van der Waals surface area (Å²) >= 11 is 0. The molecule has 0 aliphatic rings. The van der Waals surface area contributed by atoms with E-state index >= 15 is 0 Å². The van der Waals surface area contributed by atoms with Crippen molar-refractivity contribution in [3.63, 3.8) is 0 Å². The molecule has 0 saturated carbocycles. The van der Waals surface area contributed by atoms with Gasteiger partial charge >= 0.3 is 0 Å². The van der Waals surface area contributed by atoms with Crippen LogP contribution in [0.3, 0.4) is 0 Å². The van der Waals surface area contributed by atoms with Crippen molar-refractivity contribution in [1.82, 2.24) is 0 Å². The third-order valence-electron chi connectivity index (χ3n) is 2.74. The smallest absolute Gasteiger partial charge is 0.0490 e. The van der Waals surface area contributed by atoms with Gasteiger partial charge in [0.1, 0.15) is 0 Å². The average Bonchev–Trinajstić information content (AvgIpc) is 2.12. The molecule has 0 unspecified atom stereocenters. The molecule has 0 aromatic rings. The van der Waals surface area contributed by atoms with Gasteiger partial charge in [0, 0.05) is 13.7 Å². The lowest BCUT2D eigenvalue weighted by Crippen LogP contribution is -2.08. The number of ether oxygens (including phenoxy) is 1. The first-order chi connectivity index (χ1) is 6.70. The summed E-state index contributed by atoms with van der Waals surface area (Å²) in [5.41, 5.74) is 0. The van der Waals surface area contributed by atoms with E-state index in [1.54, 1.807) is 0 Å². The predicted molar refractivity (Wildman–Crippen MR) is 63.6 cm³/mol. The van der Waals surface area contributed by atoms with E-state index in [2.05, 4.69) is 20.8 Å². The summed E-state index contributed by atoms with van der Waals surface area (Å²) in [6, 6.07) is 0. The van der Waals surface area contributed by atoms with E-state index in [4.69, 9.17) is 4.74 Å². The van der Waals surface area contributed by atoms with Gasteiger partial charge in [-0.15, -0.1) is 0 Å². The van der Waals surface area contributed by atoms with Crippen molar-refractivity contribution >= 4 is 0 Å². The van der Waals surface area contributed by atoms with Crippen molar-refractivity contribution in [2.75, 3.05) is 13.7 Å². The second-order valence-electron chi connectivity index (χ2n) is 4.79. The molecule has 0 radical (unpaired) electrons. The zero-order chi connectivity index (χ0) is 10.8. The van der Waals surface area contributed by atoms with Gasteiger partial charge in [-0.2, -0.15) is 0 Å². The fourth-order valence-corrected chi connectivity index (χ4v) is 1.94. The quantitative estimate of drug-likeness (QED) is 0.505. The number of unbranched alkanes of at least 4 members (excludes halogenated alkanes) is 1. The molecule has 0 saturated heterocycles. The van der Waals surface area contributed by atoms with Gasteiger partial charge in [0.2, 0.25) is 0 Å². The molecule has 1 nitrogen and oxygen atoms in total. The minimum atomic E-state index is 0.803. The molecule has 0 bridgehead atoms. The first-order valence-corrected chi connectivity index (χ1v) is 6.19. The molecule has 0 fully saturated rings. The van der Waals surface area contributed by atoms with Crippen LogP contribution in [0.25, 0.3) is 0 Å². The van der Waals surface area contributed by atoms with E-state index in [9.17, 15) is 0 Å². The molecule has 0 N–H and O–H groups in total. The average molecular weight is 200 g/mol. The Labute approximate surface area is 90.2 Å². The van der Waals surface area contributed by atoms with Crippen LogP contribution in [0.4, 0.5) is 0 Å². The van der Waals surface area contributed by atoms with Gasteiger partial charge in [0.05, 0.1) is 0 Å². The summed E-state index contributed by atoms with van der Waals surface area (Å²) in [6.07, 6.45) is 8.13. The Morgan fingerprint density at radius 2 is 1.64 bits per heavy atom. The van der Waals surface area contributed by atoms with E-state index in [0.717, 1.165) is 18.4 Å². The van der Waals surface area contributed by atoms with Gasteiger partial charge in [-0.05, 0) is 24.7 Å². The minimum absolute atomic E-state index is 0.803. The van der Waals surface area contributed by atoms with Gasteiger partial charge < -0.3 is 4.74 Å². The summed E-state index contributed by atoms with van der Waals surface area (Å²) in [7, 11) is 1.82. The fourth-order valence-electron chi connectivity index (χ4n) is 1.94. The topological polar surface area (TPSA) is 9.23 Å². The lowest BCUT2D eigenvalue weighted by molar-refractivity contribution is 0.141. The van der Waals surface area contributed by atoms with Gasteiger partial charge in [-0.3, -0.25) is 0 Å². The standard InChI is InChI=1S/C13H28O/c1-5-8-13(11-14-4)10-7-6-9-12(2)3/h12-13H,5-11H2,1-4H3/t13-/m1/s1. The van der Waals surface area contributed by atoms with E-state index in [1.165, 1.54) is 38.5 Å². The van der Waals surface area contributed by atoms with Crippen LogP contribution in [0.15, 0.2) is 0 Å². The summed E-state index contributed by atoms with van der Waals surface area (Å²) in [5.74, 6) is 1.67. The van der Waals surface area contributed by atoms with Crippen LogP contribution in [-0.4, -0.2) is 13.7 Å². The Bertz CT molecular complexity index is 104. The van der Waals surface area contributed by atoms with Crippen molar-refractivity contribution in [2.24, 2.45) is 11.8 Å². The van der Waals surface area contributed by atoms with E-state index in [-0.39, 0.29) is 0 Å². The molecule has 0 rings (SSSR count). The Kier molecular flexibility index (Phi) is 9.49. The predicted octanol–water partition coefficient (Wildman–Crippen LogP) is 4.27. The highest BCUT2D eigenvalue weighted by Crippen LogP contribution is 2.17. The van der Waals surface area contributed by atoms with E-state index in [0.29, 0.717) is 0 Å². The summed E-state index contributed by atoms with van der Waals surface area (Å²) in [4.78, 5) is 0. The van der Waals surface area contributed by atoms with Crippen molar-refractivity contribution in [3.05, 3.63) is 0 Å². The molecule has 0 aliphatic heterocycles. The SMILES string of the molecule is CCC[C@H](CCCCC(C)C)COC. The van der Waals surface area contributed by atoms with Crippen molar-refractivity contribution in [3.8, 4) is 0 Å². The number of hydrogen-bond acceptors (Lipinski definition) is 1. The van der Waals surface area contributed by atoms with Gasteiger partial charge in [0.25, 0.3) is 0 Å². The van der Waals surface area contributed by atoms with Crippen LogP contribution in [0, 0.1) is 11.8 Å². The van der Waals surface area contributed by atoms with Crippen molar-refractivity contribution in [2.45, 2.75) is 59.3 Å². The van der Waals surface area contributed by atoms with Crippen molar-refractivity contribution in [1.29, 1.82) is 0 Å². The number of hydrogen-bond donors (Lipinski definition) is 0. The molecule has 0 spiro atoms. The Morgan fingerprint density at radius 3 is 2.14 bits per heavy atom. The molecule has 1 atom stereocenters. The van der Waals surface area contributed by atoms with Crippen LogP contribution in [-0.2, 0) is 4.74 Å². The maximum absolute atomic E-state index is 5.23. The largest absolute Gasteiger partial charge is 0.384 e. The van der Waals surface area contributed by atoms with Gasteiger partial charge in [-0.25, -0.2) is 0 Å². The monoisotopic (exact) mass is 200 g/mol. The van der Waals surface area contributed by atoms with Gasteiger partial charge in [0.15, 0.2) is 0 Å². The zero-order valence-corrected chi connectivity index (χ0v) is 10.5. The normalized spacial score (nSPS) is 13.5. The van der Waals surface area contributed by atoms with Gasteiger partial charge in [-0.1, -0.05) is 46.5 Å². The van der Waals surface area contributed by atoms with Crippen LogP contribution >= 0.6 is 0 Å². The maximum Gasteiger partial charge on any atom is 0.0490 e. The summed E-state index contributed by atoms with van der Waals surface area (Å²) in [6.45, 7) is 7.82. The van der Waals surface area contributed by atoms with E-state index < -0.39 is 0 Å². The van der Waals surface area contributed by atoms with Crippen LogP contribution in [0.2, 0.25) is 0 Å². The lowest BCUT2D eigenvalue weighted by atomic mass is 9.96. The molecule has 0 aliphatic carbocycles. The molecule has 14 heavy (non-hydrogen) atoms. The maximum atomic E-state index is 5.23. The minimum Gasteiger partial charge on any atom is -0.384 e. The molecular weight excluding hydrogens is 172 g/mol. The molecule has 0 aromatic heterocycles. The van der Waals surface area contributed by atoms with Crippen LogP contribution < -0.4 is 0 Å². The van der Waals surface area contributed by atoms with Crippen molar-refractivity contribution < 1.29 is 4.74 Å². The molecule has 0 amide bonds. The van der Waals surface area contributed by atoms with Crippen LogP contribution in [0.5, 0.6) is 0 Å². The molecular formula is C13H28O. The second-order valence-corrected chi connectivity index (χ2v) is 4.79. The Hall–Kier alpha value is -0.0400. The molecule has 1 heteroatoms. The fraction of sp³-hybridized carbons (Fsp3) is 1.00. The molecule has 0 aromatic carbocycles. The zero-order valence-electron chi connectivity index (χ0n) is 10.5. The Balaban J connectivity index is 3.40. The number of rotatable bonds is 9. The summed E-state index contributed by atoms with van der Waals surface area (Å²) < 4.78 is 5.23. The highest BCUT2D eigenvalue weighted by atomic mass is 16.5. The highest BCUT2D eigenvalue weighted by molar-refractivity contribution is 4.58. The summed E-state index contributed by atoms with van der Waals surface area (Å²) in [5, 5.41) is 0. The third kappa shape index (κ3) is 8.55. The second kappa shape index (κ2) is 9.51. The third-order valence-corrected chi connectivity index (χ3v) is 2.74. The number of methoxy groups -OCH3 is 1. The first-order valence-electron chi connectivity index (χ1n) is 6.19. The van der Waals surface area contributed by atoms with Crippen LogP contribution in [0.1, 0.15) is 59.3 Å². The lowest BCUT2D eigenvalue weighted by Gasteiger charge is -2.14. The molecule has 86 valence electrons.